The van der Waals surface area contributed by atoms with Crippen LogP contribution in [0.5, 0.6) is 0 Å². The molecule has 9 nitrogen and oxygen atoms in total. The summed E-state index contributed by atoms with van der Waals surface area (Å²) in [6.07, 6.45) is -0.928. The lowest BCUT2D eigenvalue weighted by atomic mass is 10.0. The lowest BCUT2D eigenvalue weighted by molar-refractivity contribution is -0.281. The van der Waals surface area contributed by atoms with Crippen molar-refractivity contribution < 1.29 is 31.1 Å². The van der Waals surface area contributed by atoms with E-state index in [2.05, 4.69) is 8.37 Å². The molecule has 2 fully saturated rings. The molecule has 1 unspecified atom stereocenters. The van der Waals surface area contributed by atoms with Gasteiger partial charge in [0.15, 0.2) is 5.78 Å². The van der Waals surface area contributed by atoms with Crippen LogP contribution in [-0.4, -0.2) is 43.7 Å². The standard InChI is InChI=1S/C13H14N2O7S/c14-11-10(16)6-7-15(13(11)21-23(18,19)22-13)12(17)20-8-9-4-2-1-3-5-9/h1-5,11H,6-8,14H2. The molecule has 1 atom stereocenters. The van der Waals surface area contributed by atoms with E-state index in [0.717, 1.165) is 10.5 Å². The van der Waals surface area contributed by atoms with Gasteiger partial charge < -0.3 is 10.5 Å². The highest BCUT2D eigenvalue weighted by Crippen LogP contribution is 2.40. The number of amides is 1. The maximum Gasteiger partial charge on any atom is 0.414 e. The molecular weight excluding hydrogens is 328 g/mol. The molecule has 1 spiro atoms. The third-order valence-electron chi connectivity index (χ3n) is 3.57. The Morgan fingerprint density at radius 2 is 2.00 bits per heavy atom. The van der Waals surface area contributed by atoms with E-state index in [1.165, 1.54) is 0 Å². The minimum absolute atomic E-state index is 0.0256. The zero-order chi connectivity index (χ0) is 16.7. The van der Waals surface area contributed by atoms with Crippen molar-refractivity contribution in [3.8, 4) is 0 Å². The first-order chi connectivity index (χ1) is 10.8. The van der Waals surface area contributed by atoms with Gasteiger partial charge in [0.05, 0.1) is 0 Å². The van der Waals surface area contributed by atoms with Crippen LogP contribution in [0, 0.1) is 0 Å². The number of rotatable bonds is 2. The molecule has 2 heterocycles. The molecule has 10 heteroatoms. The molecule has 2 aliphatic rings. The van der Waals surface area contributed by atoms with Crippen LogP contribution in [0.4, 0.5) is 4.79 Å². The van der Waals surface area contributed by atoms with E-state index in [9.17, 15) is 18.0 Å². The summed E-state index contributed by atoms with van der Waals surface area (Å²) in [7, 11) is -4.26. The quantitative estimate of drug-likeness (QED) is 0.788. The van der Waals surface area contributed by atoms with Crippen LogP contribution in [0.1, 0.15) is 12.0 Å². The minimum Gasteiger partial charge on any atom is -0.444 e. The van der Waals surface area contributed by atoms with Crippen LogP contribution in [0.2, 0.25) is 0 Å². The van der Waals surface area contributed by atoms with E-state index in [-0.39, 0.29) is 19.6 Å². The van der Waals surface area contributed by atoms with E-state index in [0.29, 0.717) is 0 Å². The highest BCUT2D eigenvalue weighted by Gasteiger charge is 2.66. The number of benzene rings is 1. The Bertz CT molecular complexity index is 722. The second kappa shape index (κ2) is 5.57. The summed E-state index contributed by atoms with van der Waals surface area (Å²) in [5.74, 6) is -2.62. The molecule has 1 aromatic carbocycles. The summed E-state index contributed by atoms with van der Waals surface area (Å²) in [6, 6.07) is 7.47. The number of piperidine rings is 1. The predicted molar refractivity (Wildman–Crippen MR) is 74.8 cm³/mol. The maximum atomic E-state index is 12.2. The smallest absolute Gasteiger partial charge is 0.414 e. The molecule has 1 amide bonds. The Kier molecular flexibility index (Phi) is 3.84. The molecule has 0 aliphatic carbocycles. The summed E-state index contributed by atoms with van der Waals surface area (Å²) >= 11 is 0. The SMILES string of the molecule is NC1C(=O)CCN(C(=O)OCc2ccccc2)C12OS(=O)(=O)O2. The zero-order valence-electron chi connectivity index (χ0n) is 11.9. The van der Waals surface area contributed by atoms with Crippen molar-refractivity contribution in [1.82, 2.24) is 4.90 Å². The van der Waals surface area contributed by atoms with Gasteiger partial charge in [0, 0.05) is 13.0 Å². The molecular formula is C13H14N2O7S. The van der Waals surface area contributed by atoms with Gasteiger partial charge in [-0.15, -0.1) is 0 Å². The van der Waals surface area contributed by atoms with Crippen molar-refractivity contribution in [2.75, 3.05) is 6.54 Å². The molecule has 3 rings (SSSR count). The molecule has 2 N–H and O–H groups in total. The van der Waals surface area contributed by atoms with Gasteiger partial charge in [-0.2, -0.15) is 16.8 Å². The average molecular weight is 342 g/mol. The van der Waals surface area contributed by atoms with Crippen molar-refractivity contribution in [2.45, 2.75) is 25.0 Å². The highest BCUT2D eigenvalue weighted by molar-refractivity contribution is 7.82. The number of hydrogen-bond acceptors (Lipinski definition) is 8. The Labute approximate surface area is 132 Å². The van der Waals surface area contributed by atoms with Gasteiger partial charge in [-0.25, -0.2) is 4.79 Å². The molecule has 23 heavy (non-hydrogen) atoms. The van der Waals surface area contributed by atoms with Crippen LogP contribution in [0.25, 0.3) is 0 Å². The third-order valence-corrected chi connectivity index (χ3v) is 4.45. The second-order valence-corrected chi connectivity index (χ2v) is 6.24. The largest absolute Gasteiger partial charge is 0.444 e. The number of hydrogen-bond donors (Lipinski definition) is 1. The van der Waals surface area contributed by atoms with Crippen molar-refractivity contribution in [3.05, 3.63) is 35.9 Å². The highest BCUT2D eigenvalue weighted by atomic mass is 32.3. The number of ether oxygens (including phenoxy) is 1. The maximum absolute atomic E-state index is 12.2. The van der Waals surface area contributed by atoms with Crippen LogP contribution < -0.4 is 5.73 Å². The molecule has 0 saturated carbocycles. The average Bonchev–Trinajstić information content (AvgIpc) is 2.49. The summed E-state index contributed by atoms with van der Waals surface area (Å²) in [5, 5.41) is 0. The first-order valence-electron chi connectivity index (χ1n) is 6.77. The molecule has 0 aromatic heterocycles. The van der Waals surface area contributed by atoms with Crippen molar-refractivity contribution >= 4 is 22.3 Å². The Morgan fingerprint density at radius 1 is 1.35 bits per heavy atom. The van der Waals surface area contributed by atoms with Gasteiger partial charge in [0.25, 0.3) is 0 Å². The van der Waals surface area contributed by atoms with Crippen molar-refractivity contribution in [1.29, 1.82) is 0 Å². The fourth-order valence-electron chi connectivity index (χ4n) is 2.41. The fourth-order valence-corrected chi connectivity index (χ4v) is 3.40. The van der Waals surface area contributed by atoms with Gasteiger partial charge in [-0.3, -0.25) is 9.69 Å². The molecule has 2 aliphatic heterocycles. The third kappa shape index (κ3) is 2.81. The monoisotopic (exact) mass is 342 g/mol. The normalized spacial score (nSPS) is 25.0. The number of Topliss-reactive ketones (excluding diaryl/α,β-unsaturated/α-hetero) is 1. The Morgan fingerprint density at radius 3 is 2.61 bits per heavy atom. The van der Waals surface area contributed by atoms with Crippen LogP contribution in [0.15, 0.2) is 30.3 Å². The fraction of sp³-hybridized carbons (Fsp3) is 0.385. The summed E-state index contributed by atoms with van der Waals surface area (Å²) in [5.41, 5.74) is 6.41. The first-order valence-corrected chi connectivity index (χ1v) is 8.10. The molecule has 1 aromatic rings. The topological polar surface area (TPSA) is 125 Å². The number of carbonyl (C=O) groups is 2. The molecule has 0 radical (unpaired) electrons. The van der Waals surface area contributed by atoms with Crippen molar-refractivity contribution in [3.63, 3.8) is 0 Å². The van der Waals surface area contributed by atoms with E-state index >= 15 is 0 Å². The van der Waals surface area contributed by atoms with E-state index < -0.39 is 34.2 Å². The van der Waals surface area contributed by atoms with E-state index in [1.54, 1.807) is 24.3 Å². The van der Waals surface area contributed by atoms with Crippen LogP contribution in [-0.2, 0) is 34.9 Å². The van der Waals surface area contributed by atoms with Crippen LogP contribution in [0.3, 0.4) is 0 Å². The number of nitrogens with two attached hydrogens (primary N) is 1. The van der Waals surface area contributed by atoms with Gasteiger partial charge in [0.1, 0.15) is 12.6 Å². The van der Waals surface area contributed by atoms with Gasteiger partial charge in [0.2, 0.25) is 0 Å². The molecule has 2 saturated heterocycles. The second-order valence-electron chi connectivity index (χ2n) is 5.09. The zero-order valence-corrected chi connectivity index (χ0v) is 12.7. The minimum atomic E-state index is -4.26. The number of likely N-dealkylation sites (tertiary alicyclic amines) is 1. The molecule has 124 valence electrons. The van der Waals surface area contributed by atoms with Gasteiger partial charge >= 0.3 is 22.4 Å². The lowest BCUT2D eigenvalue weighted by Gasteiger charge is -2.50. The van der Waals surface area contributed by atoms with Crippen molar-refractivity contribution in [2.24, 2.45) is 5.73 Å². The Hall–Kier alpha value is -2.01. The Balaban J connectivity index is 1.74. The van der Waals surface area contributed by atoms with Gasteiger partial charge in [-0.1, -0.05) is 30.3 Å². The van der Waals surface area contributed by atoms with Crippen LogP contribution >= 0.6 is 0 Å². The first kappa shape index (κ1) is 15.9. The van der Waals surface area contributed by atoms with E-state index in [4.69, 9.17) is 10.5 Å². The lowest BCUT2D eigenvalue weighted by Crippen LogP contribution is -2.76. The number of carbonyl (C=O) groups excluding carboxylic acids is 2. The number of nitrogens with zero attached hydrogens (tertiary/aromatic N) is 1. The summed E-state index contributed by atoms with van der Waals surface area (Å²) < 4.78 is 36.8. The number of ketones is 1. The molecule has 0 bridgehead atoms. The summed E-state index contributed by atoms with van der Waals surface area (Å²) in [4.78, 5) is 24.8. The van der Waals surface area contributed by atoms with E-state index in [1.807, 2.05) is 6.07 Å². The summed E-state index contributed by atoms with van der Waals surface area (Å²) in [6.45, 7) is -0.141. The predicted octanol–water partition coefficient (Wildman–Crippen LogP) is -0.129. The van der Waals surface area contributed by atoms with Gasteiger partial charge in [-0.05, 0) is 5.56 Å².